The summed E-state index contributed by atoms with van der Waals surface area (Å²) in [6.07, 6.45) is 3.85. The molecule has 0 heterocycles. The Morgan fingerprint density at radius 3 is 2.79 bits per heavy atom. The van der Waals surface area contributed by atoms with Gasteiger partial charge in [-0.2, -0.15) is 0 Å². The van der Waals surface area contributed by atoms with Crippen LogP contribution in [0.3, 0.4) is 0 Å². The Balaban J connectivity index is 2.82. The maximum Gasteiger partial charge on any atom is 0.124 e. The molecule has 0 aromatic heterocycles. The molecule has 0 fully saturated rings. The monoisotopic (exact) mass is 213 g/mol. The molecule has 0 aliphatic rings. The van der Waals surface area contributed by atoms with Crippen molar-refractivity contribution in [1.82, 2.24) is 5.32 Å². The van der Waals surface area contributed by atoms with Gasteiger partial charge in [0.1, 0.15) is 5.82 Å². The highest BCUT2D eigenvalue weighted by atomic mass is 35.5. The highest BCUT2D eigenvalue weighted by Crippen LogP contribution is 2.18. The number of halogens is 2. The molecule has 1 atom stereocenters. The lowest BCUT2D eigenvalue weighted by Gasteiger charge is -2.03. The first-order chi connectivity index (χ1) is 6.63. The maximum atomic E-state index is 12.7. The number of hydrogen-bond donors (Lipinski definition) is 1. The van der Waals surface area contributed by atoms with E-state index in [0.29, 0.717) is 5.02 Å². The van der Waals surface area contributed by atoms with Crippen molar-refractivity contribution >= 4 is 17.7 Å². The molecule has 0 spiro atoms. The molecule has 1 aromatic carbocycles. The molecule has 0 saturated carbocycles. The molecular weight excluding hydrogens is 201 g/mol. The first-order valence-corrected chi connectivity index (χ1v) is 4.82. The average molecular weight is 214 g/mol. The van der Waals surface area contributed by atoms with Gasteiger partial charge < -0.3 is 5.32 Å². The summed E-state index contributed by atoms with van der Waals surface area (Å²) in [5, 5.41) is 3.50. The number of nitrogens with one attached hydrogen (secondary N) is 1. The standard InChI is InChI=1S/C11H13ClFN/c1-8(14-2)3-4-9-5-6-10(13)7-11(9)12/h3-8,14H,1-2H3/b4-3+. The zero-order valence-corrected chi connectivity index (χ0v) is 8.98. The second-order valence-corrected chi connectivity index (χ2v) is 3.51. The Morgan fingerprint density at radius 1 is 1.50 bits per heavy atom. The first-order valence-electron chi connectivity index (χ1n) is 4.44. The van der Waals surface area contributed by atoms with E-state index in [2.05, 4.69) is 5.32 Å². The zero-order valence-electron chi connectivity index (χ0n) is 8.22. The second-order valence-electron chi connectivity index (χ2n) is 3.10. The van der Waals surface area contributed by atoms with Crippen molar-refractivity contribution in [2.75, 3.05) is 7.05 Å². The van der Waals surface area contributed by atoms with Crippen LogP contribution in [0.15, 0.2) is 24.3 Å². The minimum absolute atomic E-state index is 0.274. The van der Waals surface area contributed by atoms with Crippen LogP contribution in [0.5, 0.6) is 0 Å². The normalized spacial score (nSPS) is 13.4. The average Bonchev–Trinajstić information content (AvgIpc) is 2.16. The Morgan fingerprint density at radius 2 is 2.21 bits per heavy atom. The molecule has 14 heavy (non-hydrogen) atoms. The van der Waals surface area contributed by atoms with Gasteiger partial charge >= 0.3 is 0 Å². The van der Waals surface area contributed by atoms with Crippen molar-refractivity contribution in [3.05, 3.63) is 40.7 Å². The van der Waals surface area contributed by atoms with Gasteiger partial charge in [0.25, 0.3) is 0 Å². The van der Waals surface area contributed by atoms with Crippen molar-refractivity contribution in [3.63, 3.8) is 0 Å². The SMILES string of the molecule is CNC(C)/C=C/c1ccc(F)cc1Cl. The summed E-state index contributed by atoms with van der Waals surface area (Å²) in [6.45, 7) is 2.02. The van der Waals surface area contributed by atoms with Crippen LogP contribution in [-0.4, -0.2) is 13.1 Å². The molecule has 1 aromatic rings. The molecular formula is C11H13ClFN. The van der Waals surface area contributed by atoms with E-state index in [4.69, 9.17) is 11.6 Å². The molecule has 76 valence electrons. The molecule has 3 heteroatoms. The van der Waals surface area contributed by atoms with Crippen molar-refractivity contribution in [3.8, 4) is 0 Å². The summed E-state index contributed by atoms with van der Waals surface area (Å²) in [5.41, 5.74) is 0.829. The maximum absolute atomic E-state index is 12.7. The first kappa shape index (κ1) is 11.2. The number of rotatable bonds is 3. The summed E-state index contributed by atoms with van der Waals surface area (Å²) in [5.74, 6) is -0.311. The lowest BCUT2D eigenvalue weighted by Crippen LogP contribution is -2.17. The fraction of sp³-hybridized carbons (Fsp3) is 0.273. The van der Waals surface area contributed by atoms with Crippen LogP contribution < -0.4 is 5.32 Å². The molecule has 0 bridgehead atoms. The van der Waals surface area contributed by atoms with E-state index in [0.717, 1.165) is 5.56 Å². The number of likely N-dealkylation sites (N-methyl/N-ethyl adjacent to an activating group) is 1. The lowest BCUT2D eigenvalue weighted by atomic mass is 10.2. The Labute approximate surface area is 88.6 Å². The van der Waals surface area contributed by atoms with Crippen LogP contribution in [-0.2, 0) is 0 Å². The molecule has 0 aliphatic heterocycles. The predicted molar refractivity (Wildman–Crippen MR) is 59.0 cm³/mol. The molecule has 1 nitrogen and oxygen atoms in total. The molecule has 1 N–H and O–H groups in total. The quantitative estimate of drug-likeness (QED) is 0.814. The van der Waals surface area contributed by atoms with Gasteiger partial charge in [0.15, 0.2) is 0 Å². The molecule has 0 saturated heterocycles. The second kappa shape index (κ2) is 5.13. The Kier molecular flexibility index (Phi) is 4.11. The van der Waals surface area contributed by atoms with Gasteiger partial charge in [0, 0.05) is 6.04 Å². The van der Waals surface area contributed by atoms with Gasteiger partial charge in [0.05, 0.1) is 5.02 Å². The highest BCUT2D eigenvalue weighted by molar-refractivity contribution is 6.32. The van der Waals surface area contributed by atoms with E-state index in [-0.39, 0.29) is 11.9 Å². The van der Waals surface area contributed by atoms with Crippen LogP contribution in [0.25, 0.3) is 6.08 Å². The van der Waals surface area contributed by atoms with Crippen molar-refractivity contribution in [1.29, 1.82) is 0 Å². The van der Waals surface area contributed by atoms with Gasteiger partial charge in [0.2, 0.25) is 0 Å². The van der Waals surface area contributed by atoms with Gasteiger partial charge in [-0.1, -0.05) is 29.8 Å². The van der Waals surface area contributed by atoms with Gasteiger partial charge in [-0.25, -0.2) is 4.39 Å². The Bertz CT molecular complexity index is 336. The topological polar surface area (TPSA) is 12.0 Å². The summed E-state index contributed by atoms with van der Waals surface area (Å²) < 4.78 is 12.7. The number of hydrogen-bond acceptors (Lipinski definition) is 1. The van der Waals surface area contributed by atoms with E-state index >= 15 is 0 Å². The van der Waals surface area contributed by atoms with Crippen LogP contribution in [0.4, 0.5) is 4.39 Å². The largest absolute Gasteiger partial charge is 0.314 e. The van der Waals surface area contributed by atoms with Crippen molar-refractivity contribution in [2.24, 2.45) is 0 Å². The van der Waals surface area contributed by atoms with E-state index in [9.17, 15) is 4.39 Å². The zero-order chi connectivity index (χ0) is 10.6. The summed E-state index contributed by atoms with van der Waals surface area (Å²) in [6, 6.07) is 4.65. The van der Waals surface area contributed by atoms with Crippen LogP contribution in [0.2, 0.25) is 5.02 Å². The lowest BCUT2D eigenvalue weighted by molar-refractivity contribution is 0.628. The van der Waals surface area contributed by atoms with Crippen molar-refractivity contribution in [2.45, 2.75) is 13.0 Å². The van der Waals surface area contributed by atoms with E-state index in [1.165, 1.54) is 12.1 Å². The smallest absolute Gasteiger partial charge is 0.124 e. The number of benzene rings is 1. The Hall–Kier alpha value is -0.860. The fourth-order valence-electron chi connectivity index (χ4n) is 0.981. The molecule has 1 unspecified atom stereocenters. The van der Waals surface area contributed by atoms with E-state index in [1.54, 1.807) is 6.07 Å². The molecule has 0 aliphatic carbocycles. The van der Waals surface area contributed by atoms with E-state index < -0.39 is 0 Å². The van der Waals surface area contributed by atoms with Gasteiger partial charge in [-0.05, 0) is 31.7 Å². The van der Waals surface area contributed by atoms with Gasteiger partial charge in [-0.15, -0.1) is 0 Å². The van der Waals surface area contributed by atoms with Crippen LogP contribution >= 0.6 is 11.6 Å². The summed E-state index contributed by atoms with van der Waals surface area (Å²) in [4.78, 5) is 0. The third-order valence-corrected chi connectivity index (χ3v) is 2.31. The summed E-state index contributed by atoms with van der Waals surface area (Å²) in [7, 11) is 1.88. The van der Waals surface area contributed by atoms with E-state index in [1.807, 2.05) is 26.1 Å². The van der Waals surface area contributed by atoms with Crippen LogP contribution in [0, 0.1) is 5.82 Å². The van der Waals surface area contributed by atoms with Crippen molar-refractivity contribution < 1.29 is 4.39 Å². The molecule has 0 radical (unpaired) electrons. The fourth-order valence-corrected chi connectivity index (χ4v) is 1.21. The minimum atomic E-state index is -0.311. The molecule has 0 amide bonds. The molecule has 1 rings (SSSR count). The van der Waals surface area contributed by atoms with Crippen LogP contribution in [0.1, 0.15) is 12.5 Å². The summed E-state index contributed by atoms with van der Waals surface area (Å²) >= 11 is 5.84. The van der Waals surface area contributed by atoms with Gasteiger partial charge in [-0.3, -0.25) is 0 Å². The predicted octanol–water partition coefficient (Wildman–Crippen LogP) is 3.10. The highest BCUT2D eigenvalue weighted by Gasteiger charge is 1.98. The minimum Gasteiger partial charge on any atom is -0.314 e. The third kappa shape index (κ3) is 3.13. The third-order valence-electron chi connectivity index (χ3n) is 1.98.